The van der Waals surface area contributed by atoms with Crippen LogP contribution in [0.3, 0.4) is 0 Å². The van der Waals surface area contributed by atoms with E-state index in [0.717, 1.165) is 6.61 Å². The van der Waals surface area contributed by atoms with Gasteiger partial charge in [0, 0.05) is 5.54 Å². The number of hydrogen-bond acceptors (Lipinski definition) is 2. The van der Waals surface area contributed by atoms with Crippen molar-refractivity contribution in [3.8, 4) is 0 Å². The summed E-state index contributed by atoms with van der Waals surface area (Å²) in [5.74, 6) is 0. The molecule has 10 heavy (non-hydrogen) atoms. The molecule has 1 heterocycles. The molecule has 1 saturated carbocycles. The lowest BCUT2D eigenvalue weighted by Crippen LogP contribution is -2.40. The predicted octanol–water partition coefficient (Wildman–Crippen LogP) is 1.61. The van der Waals surface area contributed by atoms with Crippen LogP contribution in [0.4, 0.5) is 0 Å². The van der Waals surface area contributed by atoms with Crippen molar-refractivity contribution in [2.24, 2.45) is 0 Å². The molecule has 2 heteroatoms. The van der Waals surface area contributed by atoms with Crippen LogP contribution in [0.15, 0.2) is 0 Å². The Balaban J connectivity index is 1.98. The molecule has 1 spiro atoms. The molecular formula is C8H15NO. The molecule has 1 N–H and O–H groups in total. The largest absolute Gasteiger partial charge is 0.301 e. The van der Waals surface area contributed by atoms with Crippen LogP contribution in [-0.4, -0.2) is 12.1 Å². The second-order valence-electron chi connectivity index (χ2n) is 3.54. The molecule has 2 fully saturated rings. The van der Waals surface area contributed by atoms with Gasteiger partial charge in [-0.2, -0.15) is 5.48 Å². The standard InChI is InChI=1S/C8H15NO/c1-2-4-8(5-3-1)6-7-10-9-8/h9H,1-7H2. The fourth-order valence-corrected chi connectivity index (χ4v) is 2.08. The van der Waals surface area contributed by atoms with Gasteiger partial charge in [0.1, 0.15) is 0 Å². The normalized spacial score (nSPS) is 31.2. The van der Waals surface area contributed by atoms with Crippen LogP contribution in [0.5, 0.6) is 0 Å². The van der Waals surface area contributed by atoms with Gasteiger partial charge in [0.2, 0.25) is 0 Å². The first-order valence-electron chi connectivity index (χ1n) is 4.30. The summed E-state index contributed by atoms with van der Waals surface area (Å²) in [6.45, 7) is 0.917. The van der Waals surface area contributed by atoms with Crippen molar-refractivity contribution in [2.45, 2.75) is 44.1 Å². The first kappa shape index (κ1) is 6.62. The number of hydroxylamine groups is 1. The van der Waals surface area contributed by atoms with Crippen LogP contribution in [0.2, 0.25) is 0 Å². The highest BCUT2D eigenvalue weighted by Gasteiger charge is 2.35. The topological polar surface area (TPSA) is 21.3 Å². The molecule has 0 aromatic heterocycles. The van der Waals surface area contributed by atoms with Gasteiger partial charge in [-0.15, -0.1) is 0 Å². The third kappa shape index (κ3) is 1.06. The van der Waals surface area contributed by atoms with Crippen molar-refractivity contribution in [1.82, 2.24) is 5.48 Å². The van der Waals surface area contributed by atoms with E-state index in [1.165, 1.54) is 38.5 Å². The number of rotatable bonds is 0. The summed E-state index contributed by atoms with van der Waals surface area (Å²) in [7, 11) is 0. The summed E-state index contributed by atoms with van der Waals surface area (Å²) >= 11 is 0. The molecule has 0 aromatic rings. The van der Waals surface area contributed by atoms with Crippen LogP contribution in [0, 0.1) is 0 Å². The van der Waals surface area contributed by atoms with Crippen molar-refractivity contribution in [3.05, 3.63) is 0 Å². The van der Waals surface area contributed by atoms with E-state index in [4.69, 9.17) is 4.84 Å². The molecule has 2 aliphatic rings. The summed E-state index contributed by atoms with van der Waals surface area (Å²) < 4.78 is 0. The van der Waals surface area contributed by atoms with Gasteiger partial charge in [-0.25, -0.2) is 0 Å². The van der Waals surface area contributed by atoms with Gasteiger partial charge in [0.25, 0.3) is 0 Å². The Morgan fingerprint density at radius 2 is 1.80 bits per heavy atom. The minimum absolute atomic E-state index is 0.401. The van der Waals surface area contributed by atoms with Gasteiger partial charge in [-0.3, -0.25) is 0 Å². The SMILES string of the molecule is C1CCC2(CC1)CCON2. The molecule has 0 atom stereocenters. The quantitative estimate of drug-likeness (QED) is 0.553. The monoisotopic (exact) mass is 141 g/mol. The Hall–Kier alpha value is -0.0800. The van der Waals surface area contributed by atoms with Gasteiger partial charge < -0.3 is 4.84 Å². The summed E-state index contributed by atoms with van der Waals surface area (Å²) in [6, 6.07) is 0. The molecular weight excluding hydrogens is 126 g/mol. The van der Waals surface area contributed by atoms with E-state index < -0.39 is 0 Å². The Morgan fingerprint density at radius 3 is 2.40 bits per heavy atom. The Kier molecular flexibility index (Phi) is 1.66. The summed E-state index contributed by atoms with van der Waals surface area (Å²) in [5.41, 5.74) is 3.57. The first-order valence-corrected chi connectivity index (χ1v) is 4.30. The van der Waals surface area contributed by atoms with E-state index in [2.05, 4.69) is 5.48 Å². The van der Waals surface area contributed by atoms with Crippen LogP contribution in [0.25, 0.3) is 0 Å². The Labute approximate surface area is 61.9 Å². The van der Waals surface area contributed by atoms with Crippen LogP contribution >= 0.6 is 0 Å². The lowest BCUT2D eigenvalue weighted by molar-refractivity contribution is 0.0480. The maximum Gasteiger partial charge on any atom is 0.0700 e. The Bertz CT molecular complexity index is 110. The zero-order valence-corrected chi connectivity index (χ0v) is 6.36. The van der Waals surface area contributed by atoms with Gasteiger partial charge in [-0.05, 0) is 19.3 Å². The first-order chi connectivity index (χ1) is 4.91. The van der Waals surface area contributed by atoms with Crippen LogP contribution in [0.1, 0.15) is 38.5 Å². The fourth-order valence-electron chi connectivity index (χ4n) is 2.08. The number of nitrogens with one attached hydrogen (secondary N) is 1. The average Bonchev–Trinajstić information content (AvgIpc) is 2.39. The van der Waals surface area contributed by atoms with Gasteiger partial charge in [-0.1, -0.05) is 19.3 Å². The summed E-state index contributed by atoms with van der Waals surface area (Å²) in [5, 5.41) is 0. The average molecular weight is 141 g/mol. The van der Waals surface area contributed by atoms with Crippen molar-refractivity contribution >= 4 is 0 Å². The molecule has 1 aliphatic carbocycles. The van der Waals surface area contributed by atoms with Crippen molar-refractivity contribution in [2.75, 3.05) is 6.61 Å². The lowest BCUT2D eigenvalue weighted by atomic mass is 9.81. The van der Waals surface area contributed by atoms with Gasteiger partial charge in [0.15, 0.2) is 0 Å². The van der Waals surface area contributed by atoms with Gasteiger partial charge >= 0.3 is 0 Å². The highest BCUT2D eigenvalue weighted by molar-refractivity contribution is 4.90. The van der Waals surface area contributed by atoms with E-state index in [1.807, 2.05) is 0 Å². The minimum atomic E-state index is 0.401. The van der Waals surface area contributed by atoms with E-state index in [1.54, 1.807) is 0 Å². The van der Waals surface area contributed by atoms with Crippen LogP contribution in [-0.2, 0) is 4.84 Å². The molecule has 2 nitrogen and oxygen atoms in total. The third-order valence-electron chi connectivity index (χ3n) is 2.78. The molecule has 0 unspecified atom stereocenters. The highest BCUT2D eigenvalue weighted by Crippen LogP contribution is 2.33. The fraction of sp³-hybridized carbons (Fsp3) is 1.00. The van der Waals surface area contributed by atoms with E-state index >= 15 is 0 Å². The minimum Gasteiger partial charge on any atom is -0.301 e. The van der Waals surface area contributed by atoms with Crippen LogP contribution < -0.4 is 5.48 Å². The zero-order chi connectivity index (χ0) is 6.86. The predicted molar refractivity (Wildman–Crippen MR) is 39.5 cm³/mol. The van der Waals surface area contributed by atoms with E-state index in [9.17, 15) is 0 Å². The third-order valence-corrected chi connectivity index (χ3v) is 2.78. The second-order valence-corrected chi connectivity index (χ2v) is 3.54. The molecule has 58 valence electrons. The van der Waals surface area contributed by atoms with Crippen molar-refractivity contribution in [1.29, 1.82) is 0 Å². The maximum atomic E-state index is 5.19. The maximum absolute atomic E-state index is 5.19. The van der Waals surface area contributed by atoms with E-state index in [-0.39, 0.29) is 0 Å². The second kappa shape index (κ2) is 2.51. The molecule has 1 saturated heterocycles. The molecule has 0 aromatic carbocycles. The summed E-state index contributed by atoms with van der Waals surface area (Å²) in [6.07, 6.45) is 8.07. The summed E-state index contributed by atoms with van der Waals surface area (Å²) in [4.78, 5) is 5.19. The molecule has 0 bridgehead atoms. The van der Waals surface area contributed by atoms with E-state index in [0.29, 0.717) is 5.54 Å². The zero-order valence-electron chi connectivity index (χ0n) is 6.36. The smallest absolute Gasteiger partial charge is 0.0700 e. The Morgan fingerprint density at radius 1 is 1.00 bits per heavy atom. The van der Waals surface area contributed by atoms with Gasteiger partial charge in [0.05, 0.1) is 6.61 Å². The highest BCUT2D eigenvalue weighted by atomic mass is 16.7. The molecule has 2 rings (SSSR count). The van der Waals surface area contributed by atoms with Crippen molar-refractivity contribution < 1.29 is 4.84 Å². The lowest BCUT2D eigenvalue weighted by Gasteiger charge is -2.31. The molecule has 0 amide bonds. The van der Waals surface area contributed by atoms with Crippen molar-refractivity contribution in [3.63, 3.8) is 0 Å². The molecule has 0 radical (unpaired) electrons. The molecule has 1 aliphatic heterocycles. The number of hydrogen-bond donors (Lipinski definition) is 1.